The van der Waals surface area contributed by atoms with E-state index in [-0.39, 0.29) is 31.1 Å². The maximum absolute atomic E-state index is 12.9. The van der Waals surface area contributed by atoms with Crippen LogP contribution in [-0.2, 0) is 28.6 Å². The summed E-state index contributed by atoms with van der Waals surface area (Å²) in [7, 11) is 0. The van der Waals surface area contributed by atoms with Gasteiger partial charge in [0.2, 0.25) is 0 Å². The second kappa shape index (κ2) is 58.7. The quantitative estimate of drug-likeness (QED) is 0.0261. The third-order valence-corrected chi connectivity index (χ3v) is 13.3. The number of ether oxygens (including phenoxy) is 3. The predicted molar refractivity (Wildman–Crippen MR) is 302 cm³/mol. The molecule has 0 saturated carbocycles. The normalized spacial score (nSPS) is 12.4. The van der Waals surface area contributed by atoms with Crippen LogP contribution in [0.1, 0.15) is 310 Å². The molecule has 0 fully saturated rings. The fraction of sp³-hybridized carbons (Fsp3) is 0.797. The molecule has 0 bridgehead atoms. The Hall–Kier alpha value is -2.89. The van der Waals surface area contributed by atoms with Crippen LogP contribution in [0.2, 0.25) is 0 Å². The molecule has 0 aliphatic heterocycles. The monoisotopic (exact) mass is 979 g/mol. The molecule has 406 valence electrons. The van der Waals surface area contributed by atoms with E-state index in [4.69, 9.17) is 14.2 Å². The molecule has 70 heavy (non-hydrogen) atoms. The molecule has 0 aliphatic rings. The zero-order valence-electron chi connectivity index (χ0n) is 46.5. The Bertz CT molecular complexity index is 1260. The fourth-order valence-corrected chi connectivity index (χ4v) is 8.72. The van der Waals surface area contributed by atoms with Crippen LogP contribution in [-0.4, -0.2) is 37.2 Å². The molecular formula is C64H114O6. The summed E-state index contributed by atoms with van der Waals surface area (Å²) in [6.07, 6.45) is 73.6. The number of allylic oxidation sites excluding steroid dienone is 10. The summed E-state index contributed by atoms with van der Waals surface area (Å²) in [4.78, 5) is 38.2. The van der Waals surface area contributed by atoms with Crippen LogP contribution < -0.4 is 0 Å². The molecule has 0 aromatic carbocycles. The van der Waals surface area contributed by atoms with Gasteiger partial charge in [0.15, 0.2) is 6.10 Å². The summed E-state index contributed by atoms with van der Waals surface area (Å²) >= 11 is 0. The molecule has 0 amide bonds. The topological polar surface area (TPSA) is 78.9 Å². The average Bonchev–Trinajstić information content (AvgIpc) is 3.36. The van der Waals surface area contributed by atoms with Crippen molar-refractivity contribution in [1.29, 1.82) is 0 Å². The third kappa shape index (κ3) is 56.0. The van der Waals surface area contributed by atoms with Crippen molar-refractivity contribution in [2.45, 2.75) is 316 Å². The van der Waals surface area contributed by atoms with Gasteiger partial charge in [-0.1, -0.05) is 268 Å². The van der Waals surface area contributed by atoms with E-state index in [2.05, 4.69) is 81.5 Å². The van der Waals surface area contributed by atoms with Gasteiger partial charge in [-0.25, -0.2) is 0 Å². The maximum atomic E-state index is 12.9. The molecule has 0 rings (SSSR count). The SMILES string of the molecule is CC/C=C\C/C=C\C/C=C\C/C=C\CCCCC(=O)OCC(COC(=O)CCCCCCCCCCC/C=C\CCCCCCCC)OC(=O)CCCCCCCCCCCCCCCCCCCC. The number of carbonyl (C=O) groups excluding carboxylic acids is 3. The van der Waals surface area contributed by atoms with E-state index in [0.29, 0.717) is 19.3 Å². The van der Waals surface area contributed by atoms with Gasteiger partial charge in [0.25, 0.3) is 0 Å². The van der Waals surface area contributed by atoms with E-state index >= 15 is 0 Å². The summed E-state index contributed by atoms with van der Waals surface area (Å²) < 4.78 is 16.9. The van der Waals surface area contributed by atoms with Crippen molar-refractivity contribution in [3.05, 3.63) is 60.8 Å². The summed E-state index contributed by atoms with van der Waals surface area (Å²) in [6.45, 7) is 6.53. The van der Waals surface area contributed by atoms with Crippen LogP contribution in [0.4, 0.5) is 0 Å². The van der Waals surface area contributed by atoms with Crippen molar-refractivity contribution in [3.63, 3.8) is 0 Å². The number of rotatable bonds is 55. The highest BCUT2D eigenvalue weighted by Gasteiger charge is 2.19. The van der Waals surface area contributed by atoms with Crippen LogP contribution in [0, 0.1) is 0 Å². The van der Waals surface area contributed by atoms with Crippen LogP contribution in [0.5, 0.6) is 0 Å². The first-order valence-corrected chi connectivity index (χ1v) is 30.3. The Morgan fingerprint density at radius 1 is 0.300 bits per heavy atom. The van der Waals surface area contributed by atoms with Crippen LogP contribution in [0.25, 0.3) is 0 Å². The third-order valence-electron chi connectivity index (χ3n) is 13.3. The second-order valence-electron chi connectivity index (χ2n) is 20.2. The van der Waals surface area contributed by atoms with Gasteiger partial charge < -0.3 is 14.2 Å². The Kier molecular flexibility index (Phi) is 56.3. The molecular weight excluding hydrogens is 865 g/mol. The van der Waals surface area contributed by atoms with Crippen molar-refractivity contribution < 1.29 is 28.6 Å². The van der Waals surface area contributed by atoms with E-state index in [9.17, 15) is 14.4 Å². The first-order chi connectivity index (χ1) is 34.5. The molecule has 0 N–H and O–H groups in total. The van der Waals surface area contributed by atoms with Gasteiger partial charge in [-0.3, -0.25) is 14.4 Å². The van der Waals surface area contributed by atoms with Gasteiger partial charge in [-0.05, 0) is 83.5 Å². The van der Waals surface area contributed by atoms with Crippen LogP contribution in [0.3, 0.4) is 0 Å². The van der Waals surface area contributed by atoms with Crippen LogP contribution in [0.15, 0.2) is 60.8 Å². The second-order valence-corrected chi connectivity index (χ2v) is 20.2. The first-order valence-electron chi connectivity index (χ1n) is 30.3. The minimum atomic E-state index is -0.790. The molecule has 6 nitrogen and oxygen atoms in total. The van der Waals surface area contributed by atoms with E-state index in [1.165, 1.54) is 186 Å². The Morgan fingerprint density at radius 2 is 0.557 bits per heavy atom. The van der Waals surface area contributed by atoms with Crippen molar-refractivity contribution in [3.8, 4) is 0 Å². The molecule has 1 unspecified atom stereocenters. The predicted octanol–water partition coefficient (Wildman–Crippen LogP) is 20.4. The Labute approximate surface area is 434 Å². The number of hydrogen-bond donors (Lipinski definition) is 0. The van der Waals surface area contributed by atoms with Crippen molar-refractivity contribution in [1.82, 2.24) is 0 Å². The smallest absolute Gasteiger partial charge is 0.306 e. The van der Waals surface area contributed by atoms with Gasteiger partial charge in [0.05, 0.1) is 0 Å². The number of carbonyl (C=O) groups is 3. The van der Waals surface area contributed by atoms with E-state index < -0.39 is 6.10 Å². The molecule has 1 atom stereocenters. The highest BCUT2D eigenvalue weighted by molar-refractivity contribution is 5.71. The largest absolute Gasteiger partial charge is 0.462 e. The van der Waals surface area contributed by atoms with Gasteiger partial charge >= 0.3 is 17.9 Å². The molecule has 0 aromatic rings. The Balaban J connectivity index is 4.38. The molecule has 0 saturated heterocycles. The average molecular weight is 980 g/mol. The molecule has 0 radical (unpaired) electrons. The highest BCUT2D eigenvalue weighted by atomic mass is 16.6. The lowest BCUT2D eigenvalue weighted by Gasteiger charge is -2.18. The zero-order valence-corrected chi connectivity index (χ0v) is 46.5. The van der Waals surface area contributed by atoms with Gasteiger partial charge in [0, 0.05) is 19.3 Å². The maximum Gasteiger partial charge on any atom is 0.306 e. The van der Waals surface area contributed by atoms with E-state index in [0.717, 1.165) is 83.5 Å². The van der Waals surface area contributed by atoms with Crippen LogP contribution >= 0.6 is 0 Å². The Morgan fingerprint density at radius 3 is 0.914 bits per heavy atom. The lowest BCUT2D eigenvalue weighted by molar-refractivity contribution is -0.167. The minimum Gasteiger partial charge on any atom is -0.462 e. The van der Waals surface area contributed by atoms with Crippen molar-refractivity contribution in [2.24, 2.45) is 0 Å². The number of esters is 3. The van der Waals surface area contributed by atoms with Crippen molar-refractivity contribution >= 4 is 17.9 Å². The summed E-state index contributed by atoms with van der Waals surface area (Å²) in [5, 5.41) is 0. The molecule has 6 heteroatoms. The summed E-state index contributed by atoms with van der Waals surface area (Å²) in [5.74, 6) is -0.915. The molecule has 0 spiro atoms. The number of hydrogen-bond acceptors (Lipinski definition) is 6. The first kappa shape index (κ1) is 67.1. The summed E-state index contributed by atoms with van der Waals surface area (Å²) in [5.41, 5.74) is 0. The molecule has 0 heterocycles. The van der Waals surface area contributed by atoms with Gasteiger partial charge in [0.1, 0.15) is 13.2 Å². The lowest BCUT2D eigenvalue weighted by Crippen LogP contribution is -2.30. The lowest BCUT2D eigenvalue weighted by atomic mass is 10.0. The van der Waals surface area contributed by atoms with Gasteiger partial charge in [-0.2, -0.15) is 0 Å². The minimum absolute atomic E-state index is 0.0856. The summed E-state index contributed by atoms with van der Waals surface area (Å²) in [6, 6.07) is 0. The highest BCUT2D eigenvalue weighted by Crippen LogP contribution is 2.17. The number of unbranched alkanes of at least 4 members (excludes halogenated alkanes) is 34. The van der Waals surface area contributed by atoms with Crippen molar-refractivity contribution in [2.75, 3.05) is 13.2 Å². The zero-order chi connectivity index (χ0) is 50.7. The standard InChI is InChI=1S/C64H114O6/c1-4-7-10-13-16-19-22-25-28-30-32-34-36-39-42-45-48-51-54-57-63(66)69-60-61(59-68-62(65)56-53-50-47-44-41-38-35-27-24-21-18-15-12-9-6-3)70-64(67)58-55-52-49-46-43-40-37-33-31-29-26-23-20-17-14-11-8-5-2/h9,12,18,21,25,27-28,35,41,44,61H,4-8,10-11,13-17,19-20,22-24,26,29-34,36-40,42-43,45-60H2,1-3H3/b12-9-,21-18-,28-25-,35-27-,44-41-. The van der Waals surface area contributed by atoms with E-state index in [1.54, 1.807) is 0 Å². The molecule has 0 aromatic heterocycles. The molecule has 0 aliphatic carbocycles. The fourth-order valence-electron chi connectivity index (χ4n) is 8.72. The van der Waals surface area contributed by atoms with Gasteiger partial charge in [-0.15, -0.1) is 0 Å². The van der Waals surface area contributed by atoms with E-state index in [1.807, 2.05) is 0 Å².